The van der Waals surface area contributed by atoms with Crippen LogP contribution in [-0.2, 0) is 0 Å². The van der Waals surface area contributed by atoms with Gasteiger partial charge in [-0.3, -0.25) is 9.78 Å². The molecule has 0 N–H and O–H groups in total. The average molecular weight is 353 g/mol. The minimum absolute atomic E-state index is 0.159. The fraction of sp³-hybridized carbons (Fsp3) is 0.100. The van der Waals surface area contributed by atoms with Gasteiger partial charge >= 0.3 is 0 Å². The van der Waals surface area contributed by atoms with Gasteiger partial charge < -0.3 is 4.90 Å². The zero-order valence-corrected chi connectivity index (χ0v) is 14.0. The van der Waals surface area contributed by atoms with Crippen LogP contribution in [0.5, 0.6) is 0 Å². The van der Waals surface area contributed by atoms with Crippen molar-refractivity contribution < 1.29 is 9.18 Å². The monoisotopic (exact) mass is 352 g/mol. The van der Waals surface area contributed by atoms with Crippen LogP contribution in [0, 0.1) is 5.82 Å². The fourth-order valence-electron chi connectivity index (χ4n) is 3.12. The van der Waals surface area contributed by atoms with E-state index in [0.717, 1.165) is 11.0 Å². The second kappa shape index (κ2) is 6.30. The number of hydrogen-bond donors (Lipinski definition) is 0. The van der Waals surface area contributed by atoms with Gasteiger partial charge in [-0.25, -0.2) is 4.39 Å². The zero-order valence-electron chi connectivity index (χ0n) is 13.2. The number of pyridine rings is 1. The molecule has 0 radical (unpaired) electrons. The molecule has 4 rings (SSSR count). The number of carbonyl (C=O) groups excluding carboxylic acids is 1. The molecule has 2 aromatic carbocycles. The topological polar surface area (TPSA) is 33.2 Å². The maximum Gasteiger partial charge on any atom is 0.256 e. The molecular weight excluding hydrogens is 339 g/mol. The van der Waals surface area contributed by atoms with Crippen molar-refractivity contribution in [3.63, 3.8) is 0 Å². The van der Waals surface area contributed by atoms with E-state index in [4.69, 9.17) is 11.6 Å². The van der Waals surface area contributed by atoms with Crippen molar-refractivity contribution >= 4 is 34.0 Å². The molecule has 1 aliphatic rings. The van der Waals surface area contributed by atoms with E-state index in [1.165, 1.54) is 6.07 Å². The highest BCUT2D eigenvalue weighted by molar-refractivity contribution is 6.32. The van der Waals surface area contributed by atoms with Crippen LogP contribution in [0.3, 0.4) is 0 Å². The average Bonchev–Trinajstić information content (AvgIpc) is 3.10. The predicted octanol–water partition coefficient (Wildman–Crippen LogP) is 4.57. The summed E-state index contributed by atoms with van der Waals surface area (Å²) < 4.78 is 14.0. The fourth-order valence-corrected chi connectivity index (χ4v) is 3.34. The van der Waals surface area contributed by atoms with Gasteiger partial charge in [0.1, 0.15) is 5.82 Å². The van der Waals surface area contributed by atoms with Crippen LogP contribution in [0.15, 0.2) is 60.8 Å². The Morgan fingerprint density at radius 2 is 2.00 bits per heavy atom. The molecule has 0 bridgehead atoms. The second-order valence-electron chi connectivity index (χ2n) is 5.92. The van der Waals surface area contributed by atoms with Crippen LogP contribution in [0.2, 0.25) is 5.02 Å². The van der Waals surface area contributed by atoms with Gasteiger partial charge in [0.15, 0.2) is 0 Å². The molecule has 0 saturated heterocycles. The van der Waals surface area contributed by atoms with E-state index < -0.39 is 0 Å². The molecule has 0 aliphatic carbocycles. The molecule has 25 heavy (non-hydrogen) atoms. The summed E-state index contributed by atoms with van der Waals surface area (Å²) in [5.74, 6) is -0.438. The lowest BCUT2D eigenvalue weighted by Crippen LogP contribution is -2.29. The first-order chi connectivity index (χ1) is 12.1. The summed E-state index contributed by atoms with van der Waals surface area (Å²) in [6.45, 7) is 0.796. The highest BCUT2D eigenvalue weighted by atomic mass is 35.5. The van der Waals surface area contributed by atoms with Crippen molar-refractivity contribution in [2.45, 2.75) is 0 Å². The van der Waals surface area contributed by atoms with E-state index in [1.54, 1.807) is 47.5 Å². The van der Waals surface area contributed by atoms with Crippen LogP contribution in [0.1, 0.15) is 15.9 Å². The molecule has 1 aromatic heterocycles. The number of aromatic nitrogens is 1. The number of benzene rings is 2. The van der Waals surface area contributed by atoms with Crippen LogP contribution in [-0.4, -0.2) is 28.9 Å². The Morgan fingerprint density at radius 1 is 1.16 bits per heavy atom. The summed E-state index contributed by atoms with van der Waals surface area (Å²) in [5, 5.41) is 1.31. The summed E-state index contributed by atoms with van der Waals surface area (Å²) in [5.41, 5.74) is 2.43. The molecule has 1 amide bonds. The molecule has 0 atom stereocenters. The third-order valence-electron chi connectivity index (χ3n) is 4.33. The van der Waals surface area contributed by atoms with Gasteiger partial charge in [-0.15, -0.1) is 0 Å². The first-order valence-corrected chi connectivity index (χ1v) is 8.29. The lowest BCUT2D eigenvalue weighted by molar-refractivity contribution is 0.0803. The first kappa shape index (κ1) is 15.8. The van der Waals surface area contributed by atoms with Crippen molar-refractivity contribution in [2.75, 3.05) is 13.1 Å². The van der Waals surface area contributed by atoms with Crippen molar-refractivity contribution in [2.24, 2.45) is 0 Å². The molecule has 3 nitrogen and oxygen atoms in total. The molecule has 3 aromatic rings. The quantitative estimate of drug-likeness (QED) is 0.677. The molecule has 0 saturated carbocycles. The number of halogens is 2. The Labute approximate surface area is 149 Å². The Kier molecular flexibility index (Phi) is 3.98. The van der Waals surface area contributed by atoms with E-state index in [2.05, 4.69) is 4.98 Å². The van der Waals surface area contributed by atoms with Gasteiger partial charge in [0.2, 0.25) is 0 Å². The summed E-state index contributed by atoms with van der Waals surface area (Å²) in [6, 6.07) is 13.7. The Bertz CT molecular complexity index is 1020. The molecule has 2 heterocycles. The standard InChI is InChI=1S/C20H14ClFN2O/c21-15-10-13-4-3-8-23-19(13)17(11-15)20(25)24-9-7-14(12-24)16-5-1-2-6-18(16)22/h1-8,10-11H,9,12H2. The summed E-state index contributed by atoms with van der Waals surface area (Å²) in [4.78, 5) is 19.0. The zero-order chi connectivity index (χ0) is 17.4. The molecule has 5 heteroatoms. The second-order valence-corrected chi connectivity index (χ2v) is 6.36. The largest absolute Gasteiger partial charge is 0.330 e. The molecular formula is C20H14ClFN2O. The Balaban J connectivity index is 1.65. The molecule has 0 spiro atoms. The van der Waals surface area contributed by atoms with Gasteiger partial charge in [0.05, 0.1) is 11.1 Å². The van der Waals surface area contributed by atoms with Crippen LogP contribution in [0.25, 0.3) is 16.5 Å². The number of hydrogen-bond acceptors (Lipinski definition) is 2. The van der Waals surface area contributed by atoms with E-state index in [9.17, 15) is 9.18 Å². The smallest absolute Gasteiger partial charge is 0.256 e. The minimum atomic E-state index is -0.280. The van der Waals surface area contributed by atoms with Crippen LogP contribution in [0.4, 0.5) is 4.39 Å². The van der Waals surface area contributed by atoms with Crippen molar-refractivity contribution in [1.29, 1.82) is 0 Å². The lowest BCUT2D eigenvalue weighted by Gasteiger charge is -2.18. The third-order valence-corrected chi connectivity index (χ3v) is 4.54. The Hall–Kier alpha value is -2.72. The minimum Gasteiger partial charge on any atom is -0.330 e. The lowest BCUT2D eigenvalue weighted by atomic mass is 10.1. The molecule has 0 fully saturated rings. The van der Waals surface area contributed by atoms with Gasteiger partial charge in [0, 0.05) is 35.3 Å². The van der Waals surface area contributed by atoms with Crippen LogP contribution < -0.4 is 0 Å². The summed E-state index contributed by atoms with van der Waals surface area (Å²) in [7, 11) is 0. The molecule has 124 valence electrons. The van der Waals surface area contributed by atoms with E-state index in [0.29, 0.717) is 34.8 Å². The SMILES string of the molecule is O=C(c1cc(Cl)cc2cccnc12)N1CC=C(c2ccccc2F)C1. The van der Waals surface area contributed by atoms with Crippen molar-refractivity contribution in [3.05, 3.63) is 82.8 Å². The van der Waals surface area contributed by atoms with E-state index in [-0.39, 0.29) is 11.7 Å². The highest BCUT2D eigenvalue weighted by Crippen LogP contribution is 2.27. The van der Waals surface area contributed by atoms with Crippen molar-refractivity contribution in [1.82, 2.24) is 9.88 Å². The number of carbonyl (C=O) groups is 1. The number of amides is 1. The van der Waals surface area contributed by atoms with Gasteiger partial charge in [-0.05, 0) is 29.8 Å². The van der Waals surface area contributed by atoms with Gasteiger partial charge in [-0.1, -0.05) is 41.9 Å². The maximum atomic E-state index is 14.0. The van der Waals surface area contributed by atoms with Gasteiger partial charge in [0.25, 0.3) is 5.91 Å². The maximum absolute atomic E-state index is 14.0. The molecule has 1 aliphatic heterocycles. The number of fused-ring (bicyclic) bond motifs is 1. The summed E-state index contributed by atoms with van der Waals surface area (Å²) in [6.07, 6.45) is 3.54. The molecule has 0 unspecified atom stereocenters. The number of rotatable bonds is 2. The normalized spacial score (nSPS) is 14.0. The number of nitrogens with zero attached hydrogens (tertiary/aromatic N) is 2. The third kappa shape index (κ3) is 2.89. The summed E-state index contributed by atoms with van der Waals surface area (Å²) >= 11 is 6.16. The van der Waals surface area contributed by atoms with Crippen molar-refractivity contribution in [3.8, 4) is 0 Å². The van der Waals surface area contributed by atoms with Gasteiger partial charge in [-0.2, -0.15) is 0 Å². The van der Waals surface area contributed by atoms with Crippen LogP contribution >= 0.6 is 11.6 Å². The highest BCUT2D eigenvalue weighted by Gasteiger charge is 2.24. The first-order valence-electron chi connectivity index (χ1n) is 7.91. The van der Waals surface area contributed by atoms with E-state index in [1.807, 2.05) is 12.1 Å². The van der Waals surface area contributed by atoms with E-state index >= 15 is 0 Å². The predicted molar refractivity (Wildman–Crippen MR) is 97.0 cm³/mol. The Morgan fingerprint density at radius 3 is 2.84 bits per heavy atom.